The molecule has 0 unspecified atom stereocenters. The molecule has 1 aliphatic carbocycles. The maximum Gasteiger partial charge on any atom is 0.164 e. The van der Waals surface area contributed by atoms with E-state index < -0.39 is 0 Å². The maximum atomic E-state index is 6.73. The molecule has 0 atom stereocenters. The summed E-state index contributed by atoms with van der Waals surface area (Å²) in [5.41, 5.74) is 13.1. The summed E-state index contributed by atoms with van der Waals surface area (Å²) in [5, 5.41) is 4.15. The summed E-state index contributed by atoms with van der Waals surface area (Å²) in [7, 11) is 0. The van der Waals surface area contributed by atoms with Gasteiger partial charge in [-0.1, -0.05) is 133 Å². The van der Waals surface area contributed by atoms with Gasteiger partial charge in [0, 0.05) is 43.8 Å². The number of benzene rings is 7. The van der Waals surface area contributed by atoms with Crippen molar-refractivity contribution >= 4 is 50.0 Å². The molecule has 7 aromatic carbocycles. The van der Waals surface area contributed by atoms with Crippen LogP contribution in [0.5, 0.6) is 0 Å². The Balaban J connectivity index is 1.09. The highest BCUT2D eigenvalue weighted by molar-refractivity contribution is 6.15. The molecule has 0 saturated carbocycles. The van der Waals surface area contributed by atoms with Gasteiger partial charge in [-0.2, -0.15) is 0 Å². The third-order valence-corrected chi connectivity index (χ3v) is 10.6. The molecule has 3 aromatic heterocycles. The third-order valence-electron chi connectivity index (χ3n) is 10.6. The van der Waals surface area contributed by atoms with Gasteiger partial charge < -0.3 is 8.83 Å². The molecule has 0 N–H and O–H groups in total. The lowest BCUT2D eigenvalue weighted by atomic mass is 9.95. The number of furan rings is 2. The summed E-state index contributed by atoms with van der Waals surface area (Å²) < 4.78 is 12.9. The monoisotopic (exact) mass is 693 g/mol. The number of rotatable bonds is 5. The Morgan fingerprint density at radius 2 is 1.09 bits per heavy atom. The second-order valence-electron chi connectivity index (χ2n) is 13.9. The Hall–Kier alpha value is -7.11. The molecular formula is C49H31N3O2. The SMILES string of the molecule is C1=Cc2cc(-c3nc(-c4ccc(-c5ccccc5)cc4)nc(-c4cccc5oc6c(-c7ccc8oc9ccccc9c8c7)cccc6c45)n3)ccc2CC1. The number of allylic oxidation sites excluding steroid dienone is 1. The largest absolute Gasteiger partial charge is 0.456 e. The van der Waals surface area contributed by atoms with Crippen LogP contribution >= 0.6 is 0 Å². The van der Waals surface area contributed by atoms with Crippen molar-refractivity contribution in [2.75, 3.05) is 0 Å². The molecule has 11 rings (SSSR count). The summed E-state index contributed by atoms with van der Waals surface area (Å²) in [4.78, 5) is 15.5. The van der Waals surface area contributed by atoms with E-state index in [1.165, 1.54) is 16.7 Å². The van der Waals surface area contributed by atoms with Crippen molar-refractivity contribution in [3.63, 3.8) is 0 Å². The summed E-state index contributed by atoms with van der Waals surface area (Å²) in [5.74, 6) is 1.85. The molecule has 254 valence electrons. The van der Waals surface area contributed by atoms with Crippen LogP contribution in [-0.2, 0) is 6.42 Å². The van der Waals surface area contributed by atoms with Crippen LogP contribution in [0.4, 0.5) is 0 Å². The minimum absolute atomic E-state index is 0.598. The highest BCUT2D eigenvalue weighted by Gasteiger charge is 2.20. The van der Waals surface area contributed by atoms with Crippen LogP contribution in [-0.4, -0.2) is 15.0 Å². The van der Waals surface area contributed by atoms with Crippen LogP contribution in [0.15, 0.2) is 167 Å². The zero-order valence-electron chi connectivity index (χ0n) is 29.2. The van der Waals surface area contributed by atoms with Gasteiger partial charge in [0.2, 0.25) is 0 Å². The van der Waals surface area contributed by atoms with Gasteiger partial charge in [0.25, 0.3) is 0 Å². The minimum atomic E-state index is 0.598. The standard InChI is InChI=1S/C49H31N3O2/c1-2-10-30(11-3-1)32-20-23-33(24-21-32)47-50-48(36-25-22-31-12-4-5-13-34(31)28-36)52-49(51-47)40-17-9-19-44-45(40)39-16-8-15-37(46(39)54-44)35-26-27-43-41(29-35)38-14-6-7-18-42(38)53-43/h1-3,5-11,13-29H,4,12H2. The molecule has 0 bridgehead atoms. The topological polar surface area (TPSA) is 65.0 Å². The second-order valence-corrected chi connectivity index (χ2v) is 13.9. The fourth-order valence-electron chi connectivity index (χ4n) is 7.92. The van der Waals surface area contributed by atoms with Gasteiger partial charge in [0.05, 0.1) is 0 Å². The van der Waals surface area contributed by atoms with Crippen LogP contribution in [0.25, 0.3) is 106 Å². The van der Waals surface area contributed by atoms with E-state index in [0.29, 0.717) is 17.5 Å². The summed E-state index contributed by atoms with van der Waals surface area (Å²) in [6.45, 7) is 0. The first-order chi connectivity index (χ1) is 26.7. The number of hydrogen-bond donors (Lipinski definition) is 0. The lowest BCUT2D eigenvalue weighted by Crippen LogP contribution is -2.01. The Morgan fingerprint density at radius 1 is 0.426 bits per heavy atom. The highest BCUT2D eigenvalue weighted by atomic mass is 16.3. The molecule has 0 spiro atoms. The molecule has 3 heterocycles. The van der Waals surface area contributed by atoms with E-state index in [9.17, 15) is 0 Å². The van der Waals surface area contributed by atoms with Crippen molar-refractivity contribution in [2.45, 2.75) is 12.8 Å². The highest BCUT2D eigenvalue weighted by Crippen LogP contribution is 2.42. The summed E-state index contributed by atoms with van der Waals surface area (Å²) in [6.07, 6.45) is 6.54. The van der Waals surface area contributed by atoms with Crippen molar-refractivity contribution in [1.82, 2.24) is 15.0 Å². The molecule has 5 nitrogen and oxygen atoms in total. The normalized spacial score (nSPS) is 12.6. The molecule has 10 aromatic rings. The molecule has 0 radical (unpaired) electrons. The fourth-order valence-corrected chi connectivity index (χ4v) is 7.92. The van der Waals surface area contributed by atoms with Crippen LogP contribution in [0.1, 0.15) is 17.5 Å². The lowest BCUT2D eigenvalue weighted by molar-refractivity contribution is 0.668. The van der Waals surface area contributed by atoms with Gasteiger partial charge in [-0.05, 0) is 71.0 Å². The lowest BCUT2D eigenvalue weighted by Gasteiger charge is -2.13. The quantitative estimate of drug-likeness (QED) is 0.179. The van der Waals surface area contributed by atoms with E-state index in [1.54, 1.807) is 0 Å². The van der Waals surface area contributed by atoms with E-state index in [1.807, 2.05) is 42.5 Å². The van der Waals surface area contributed by atoms with Gasteiger partial charge in [0.1, 0.15) is 22.3 Å². The second kappa shape index (κ2) is 12.2. The van der Waals surface area contributed by atoms with Crippen molar-refractivity contribution in [3.8, 4) is 56.4 Å². The van der Waals surface area contributed by atoms with Gasteiger partial charge in [-0.25, -0.2) is 15.0 Å². The molecule has 5 heteroatoms. The van der Waals surface area contributed by atoms with Crippen molar-refractivity contribution in [2.24, 2.45) is 0 Å². The number of fused-ring (bicyclic) bond motifs is 7. The number of hydrogen-bond acceptors (Lipinski definition) is 5. The third kappa shape index (κ3) is 5.05. The van der Waals surface area contributed by atoms with Gasteiger partial charge in [-0.15, -0.1) is 0 Å². The Bertz CT molecular complexity index is 3100. The zero-order chi connectivity index (χ0) is 35.6. The van der Waals surface area contributed by atoms with Crippen LogP contribution in [0.2, 0.25) is 0 Å². The van der Waals surface area contributed by atoms with Gasteiger partial charge in [0.15, 0.2) is 17.5 Å². The van der Waals surface area contributed by atoms with Crippen molar-refractivity contribution in [1.29, 1.82) is 0 Å². The first kappa shape index (κ1) is 30.5. The molecule has 54 heavy (non-hydrogen) atoms. The first-order valence-electron chi connectivity index (χ1n) is 18.3. The molecule has 0 amide bonds. The molecule has 1 aliphatic rings. The summed E-state index contributed by atoms with van der Waals surface area (Å²) in [6, 6.07) is 52.4. The average Bonchev–Trinajstić information content (AvgIpc) is 3.82. The number of aromatic nitrogens is 3. The van der Waals surface area contributed by atoms with E-state index in [0.717, 1.165) is 90.1 Å². The number of aryl methyl sites for hydroxylation is 1. The van der Waals surface area contributed by atoms with Gasteiger partial charge in [-0.3, -0.25) is 0 Å². The Morgan fingerprint density at radius 3 is 2.00 bits per heavy atom. The maximum absolute atomic E-state index is 6.73. The molecular weight excluding hydrogens is 663 g/mol. The molecule has 0 fully saturated rings. The van der Waals surface area contributed by atoms with Crippen molar-refractivity contribution < 1.29 is 8.83 Å². The molecule has 0 aliphatic heterocycles. The van der Waals surface area contributed by atoms with Crippen molar-refractivity contribution in [3.05, 3.63) is 169 Å². The number of para-hydroxylation sites is 2. The molecule has 0 saturated heterocycles. The van der Waals surface area contributed by atoms with Gasteiger partial charge >= 0.3 is 0 Å². The van der Waals surface area contributed by atoms with Crippen LogP contribution in [0.3, 0.4) is 0 Å². The Kier molecular flexibility index (Phi) is 6.92. The summed E-state index contributed by atoms with van der Waals surface area (Å²) >= 11 is 0. The predicted molar refractivity (Wildman–Crippen MR) is 219 cm³/mol. The van der Waals surface area contributed by atoms with Crippen LogP contribution < -0.4 is 0 Å². The smallest absolute Gasteiger partial charge is 0.164 e. The average molecular weight is 694 g/mol. The predicted octanol–water partition coefficient (Wildman–Crippen LogP) is 13.0. The first-order valence-corrected chi connectivity index (χ1v) is 18.3. The zero-order valence-corrected chi connectivity index (χ0v) is 29.2. The Labute approximate surface area is 310 Å². The van der Waals surface area contributed by atoms with Crippen LogP contribution in [0, 0.1) is 0 Å². The van der Waals surface area contributed by atoms with E-state index in [4.69, 9.17) is 23.8 Å². The fraction of sp³-hybridized carbons (Fsp3) is 0.0408. The minimum Gasteiger partial charge on any atom is -0.456 e. The van der Waals surface area contributed by atoms with E-state index in [-0.39, 0.29) is 0 Å². The van der Waals surface area contributed by atoms with E-state index in [2.05, 4.69) is 121 Å². The number of nitrogens with zero attached hydrogens (tertiary/aromatic N) is 3. The van der Waals surface area contributed by atoms with E-state index >= 15 is 0 Å².